The number of rotatable bonds is 0. The summed E-state index contributed by atoms with van der Waals surface area (Å²) in [5.41, 5.74) is 0. The molecule has 3 nitrogen and oxygen atoms in total. The highest BCUT2D eigenvalue weighted by atomic mass is 15.1. The van der Waals surface area contributed by atoms with Crippen LogP contribution in [0.25, 0.3) is 0 Å². The molecule has 2 heterocycles. The van der Waals surface area contributed by atoms with Crippen LogP contribution >= 0.6 is 0 Å². The molecule has 1 aromatic heterocycles. The molecule has 2 N–H and O–H groups in total. The molecule has 0 saturated carbocycles. The SMILES string of the molecule is C1=CCNC1.c1cn[nH]c1. The van der Waals surface area contributed by atoms with Crippen LogP contribution in [0.3, 0.4) is 0 Å². The molecule has 0 fully saturated rings. The molecule has 0 amide bonds. The summed E-state index contributed by atoms with van der Waals surface area (Å²) in [6, 6.07) is 1.83. The van der Waals surface area contributed by atoms with Gasteiger partial charge in [0.1, 0.15) is 0 Å². The van der Waals surface area contributed by atoms with Crippen LogP contribution in [0.5, 0.6) is 0 Å². The van der Waals surface area contributed by atoms with Gasteiger partial charge in [-0.2, -0.15) is 5.10 Å². The van der Waals surface area contributed by atoms with E-state index in [0.717, 1.165) is 13.1 Å². The van der Waals surface area contributed by atoms with Crippen molar-refractivity contribution in [2.24, 2.45) is 0 Å². The minimum absolute atomic E-state index is 1.07. The zero-order valence-electron chi connectivity index (χ0n) is 5.75. The topological polar surface area (TPSA) is 40.7 Å². The molecule has 54 valence electrons. The predicted octanol–water partition coefficient (Wildman–Crippen LogP) is 0.555. The van der Waals surface area contributed by atoms with Gasteiger partial charge < -0.3 is 5.32 Å². The molecule has 3 heteroatoms. The van der Waals surface area contributed by atoms with Crippen LogP contribution in [0.15, 0.2) is 30.6 Å². The first kappa shape index (κ1) is 7.02. The van der Waals surface area contributed by atoms with Crippen LogP contribution in [0.2, 0.25) is 0 Å². The Kier molecular flexibility index (Phi) is 3.34. The summed E-state index contributed by atoms with van der Waals surface area (Å²) in [5.74, 6) is 0. The van der Waals surface area contributed by atoms with Crippen LogP contribution in [0.1, 0.15) is 0 Å². The second-order valence-electron chi connectivity index (χ2n) is 1.90. The summed E-state index contributed by atoms with van der Waals surface area (Å²) in [7, 11) is 0. The van der Waals surface area contributed by atoms with Crippen LogP contribution in [-0.4, -0.2) is 23.3 Å². The van der Waals surface area contributed by atoms with Crippen molar-refractivity contribution in [2.75, 3.05) is 13.1 Å². The highest BCUT2D eigenvalue weighted by molar-refractivity contribution is 4.92. The summed E-state index contributed by atoms with van der Waals surface area (Å²) >= 11 is 0. The number of hydrogen-bond acceptors (Lipinski definition) is 2. The van der Waals surface area contributed by atoms with E-state index in [-0.39, 0.29) is 0 Å². The Balaban J connectivity index is 0.0000001000. The van der Waals surface area contributed by atoms with Crippen LogP contribution in [0, 0.1) is 0 Å². The fourth-order valence-corrected chi connectivity index (χ4v) is 0.632. The molecule has 1 aromatic rings. The van der Waals surface area contributed by atoms with Crippen LogP contribution in [-0.2, 0) is 0 Å². The van der Waals surface area contributed by atoms with Crippen LogP contribution < -0.4 is 5.32 Å². The molecule has 0 spiro atoms. The molecular formula is C7H11N3. The van der Waals surface area contributed by atoms with Gasteiger partial charge in [-0.25, -0.2) is 0 Å². The molecule has 0 unspecified atom stereocenters. The molecule has 1 aliphatic heterocycles. The second-order valence-corrected chi connectivity index (χ2v) is 1.90. The van der Waals surface area contributed by atoms with Gasteiger partial charge in [0.15, 0.2) is 0 Å². The fraction of sp³-hybridized carbons (Fsp3) is 0.286. The number of hydrogen-bond donors (Lipinski definition) is 2. The van der Waals surface area contributed by atoms with Gasteiger partial charge in [-0.3, -0.25) is 5.10 Å². The van der Waals surface area contributed by atoms with Gasteiger partial charge in [0.2, 0.25) is 0 Å². The third kappa shape index (κ3) is 3.04. The molecule has 0 aliphatic carbocycles. The first-order valence-electron chi connectivity index (χ1n) is 3.29. The minimum atomic E-state index is 1.07. The molecule has 0 atom stereocenters. The van der Waals surface area contributed by atoms with Gasteiger partial charge in [0.05, 0.1) is 0 Å². The zero-order valence-corrected chi connectivity index (χ0v) is 5.75. The van der Waals surface area contributed by atoms with E-state index < -0.39 is 0 Å². The highest BCUT2D eigenvalue weighted by Gasteiger charge is 1.81. The maximum Gasteiger partial charge on any atom is 0.0487 e. The number of aromatic nitrogens is 2. The molecule has 0 aromatic carbocycles. The average Bonchev–Trinajstić information content (AvgIpc) is 2.67. The predicted molar refractivity (Wildman–Crippen MR) is 40.6 cm³/mol. The van der Waals surface area contributed by atoms with E-state index in [4.69, 9.17) is 0 Å². The summed E-state index contributed by atoms with van der Waals surface area (Å²) in [4.78, 5) is 0. The smallest absolute Gasteiger partial charge is 0.0487 e. The van der Waals surface area contributed by atoms with E-state index in [0.29, 0.717) is 0 Å². The average molecular weight is 137 g/mol. The first-order valence-corrected chi connectivity index (χ1v) is 3.29. The lowest BCUT2D eigenvalue weighted by Crippen LogP contribution is -2.04. The number of nitrogens with zero attached hydrogens (tertiary/aromatic N) is 1. The Bertz CT molecular complexity index is 144. The van der Waals surface area contributed by atoms with E-state index >= 15 is 0 Å². The van der Waals surface area contributed by atoms with E-state index in [9.17, 15) is 0 Å². The third-order valence-corrected chi connectivity index (χ3v) is 1.10. The molecule has 0 radical (unpaired) electrons. The van der Waals surface area contributed by atoms with Gasteiger partial charge in [-0.05, 0) is 6.07 Å². The van der Waals surface area contributed by atoms with E-state index in [1.165, 1.54) is 0 Å². The fourth-order valence-electron chi connectivity index (χ4n) is 0.632. The van der Waals surface area contributed by atoms with Gasteiger partial charge in [0.25, 0.3) is 0 Å². The number of H-pyrrole nitrogens is 1. The Labute approximate surface area is 60.1 Å². The Morgan fingerprint density at radius 2 is 2.00 bits per heavy atom. The van der Waals surface area contributed by atoms with Crippen molar-refractivity contribution in [1.29, 1.82) is 0 Å². The van der Waals surface area contributed by atoms with Crippen LogP contribution in [0.4, 0.5) is 0 Å². The zero-order chi connectivity index (χ0) is 7.07. The van der Waals surface area contributed by atoms with Gasteiger partial charge in [-0.15, -0.1) is 0 Å². The van der Waals surface area contributed by atoms with E-state index in [1.807, 2.05) is 6.07 Å². The number of aromatic amines is 1. The molecule has 0 bridgehead atoms. The van der Waals surface area contributed by atoms with Crippen molar-refractivity contribution in [3.8, 4) is 0 Å². The standard InChI is InChI=1S/C4H7N.C3H4N2/c2*1-2-4-5-3-1/h1-2,5H,3-4H2;1-3H,(H,4,5). The summed E-state index contributed by atoms with van der Waals surface area (Å²) in [5, 5.41) is 9.32. The monoisotopic (exact) mass is 137 g/mol. The Morgan fingerprint density at radius 1 is 1.20 bits per heavy atom. The van der Waals surface area contributed by atoms with Gasteiger partial charge in [0, 0.05) is 25.5 Å². The molecule has 2 rings (SSSR count). The van der Waals surface area contributed by atoms with Crippen molar-refractivity contribution >= 4 is 0 Å². The normalized spacial score (nSPS) is 14.4. The van der Waals surface area contributed by atoms with Crippen molar-refractivity contribution in [3.05, 3.63) is 30.6 Å². The maximum absolute atomic E-state index is 3.60. The largest absolute Gasteiger partial charge is 0.310 e. The molecule has 0 saturated heterocycles. The van der Waals surface area contributed by atoms with E-state index in [1.54, 1.807) is 12.4 Å². The molecular weight excluding hydrogens is 126 g/mol. The molecule has 1 aliphatic rings. The quantitative estimate of drug-likeness (QED) is 0.513. The van der Waals surface area contributed by atoms with E-state index in [2.05, 4.69) is 27.7 Å². The summed E-state index contributed by atoms with van der Waals surface area (Å²) in [6.45, 7) is 2.14. The lowest BCUT2D eigenvalue weighted by atomic mass is 10.6. The molecule has 10 heavy (non-hydrogen) atoms. The Hall–Kier alpha value is -1.09. The summed E-state index contributed by atoms with van der Waals surface area (Å²) in [6.07, 6.45) is 7.71. The highest BCUT2D eigenvalue weighted by Crippen LogP contribution is 1.75. The second kappa shape index (κ2) is 4.76. The minimum Gasteiger partial charge on any atom is -0.310 e. The van der Waals surface area contributed by atoms with Gasteiger partial charge >= 0.3 is 0 Å². The number of nitrogens with one attached hydrogen (secondary N) is 2. The third-order valence-electron chi connectivity index (χ3n) is 1.10. The Morgan fingerprint density at radius 3 is 2.20 bits per heavy atom. The lowest BCUT2D eigenvalue weighted by Gasteiger charge is -1.77. The lowest BCUT2D eigenvalue weighted by molar-refractivity contribution is 0.892. The van der Waals surface area contributed by atoms with Gasteiger partial charge in [-0.1, -0.05) is 12.2 Å². The van der Waals surface area contributed by atoms with Crippen molar-refractivity contribution in [1.82, 2.24) is 15.5 Å². The maximum atomic E-state index is 3.60. The van der Waals surface area contributed by atoms with Crippen molar-refractivity contribution in [2.45, 2.75) is 0 Å². The van der Waals surface area contributed by atoms with Crippen molar-refractivity contribution in [3.63, 3.8) is 0 Å². The first-order chi connectivity index (χ1) is 5.00. The van der Waals surface area contributed by atoms with Crippen molar-refractivity contribution < 1.29 is 0 Å². The summed E-state index contributed by atoms with van der Waals surface area (Å²) < 4.78 is 0.